The van der Waals surface area contributed by atoms with Crippen LogP contribution in [0, 0.1) is 40.4 Å². The van der Waals surface area contributed by atoms with Gasteiger partial charge in [0, 0.05) is 68.7 Å². The van der Waals surface area contributed by atoms with Crippen molar-refractivity contribution in [2.75, 3.05) is 33.9 Å². The monoisotopic (exact) mass is 449 g/mol. The van der Waals surface area contributed by atoms with E-state index < -0.39 is 11.7 Å². The van der Waals surface area contributed by atoms with E-state index in [0.717, 1.165) is 38.8 Å². The van der Waals surface area contributed by atoms with Gasteiger partial charge < -0.3 is 24.4 Å². The third-order valence-electron chi connectivity index (χ3n) is 11.2. The molecule has 1 heterocycles. The van der Waals surface area contributed by atoms with Gasteiger partial charge in [0.2, 0.25) is 0 Å². The molecule has 0 amide bonds. The molecule has 7 nitrogen and oxygen atoms in total. The van der Waals surface area contributed by atoms with Crippen LogP contribution in [0.25, 0.3) is 0 Å². The Bertz CT molecular complexity index is 807. The highest BCUT2D eigenvalue weighted by Gasteiger charge is 2.83. The van der Waals surface area contributed by atoms with Crippen molar-refractivity contribution in [1.29, 1.82) is 0 Å². The standard InChI is InChI=1S/C25H39NO6/c1-5-26-11-23(12-30-3)7-6-19(28)25-15-8-14-17(31-4)10-24(29,16(22(25)26)9-18(23)25)20(15)21(14)32-13(2)27/h14-22,28-29H,5-12H2,1-4H3/t14-,15?,16?,17+,18?,19+,20?,21+,22?,23+,24+,25-/m1/s1. The first-order chi connectivity index (χ1) is 15.3. The van der Waals surface area contributed by atoms with Crippen LogP contribution >= 0.6 is 0 Å². The summed E-state index contributed by atoms with van der Waals surface area (Å²) < 4.78 is 17.7. The first-order valence-corrected chi connectivity index (χ1v) is 12.6. The van der Waals surface area contributed by atoms with Crippen LogP contribution in [0.15, 0.2) is 0 Å². The van der Waals surface area contributed by atoms with E-state index in [-0.39, 0.29) is 58.7 Å². The lowest BCUT2D eigenvalue weighted by Crippen LogP contribution is -2.76. The molecular weight excluding hydrogens is 410 g/mol. The van der Waals surface area contributed by atoms with Crippen molar-refractivity contribution in [1.82, 2.24) is 4.90 Å². The largest absolute Gasteiger partial charge is 0.462 e. The van der Waals surface area contributed by atoms with Crippen LogP contribution in [0.5, 0.6) is 0 Å². The number of ether oxygens (including phenoxy) is 3. The van der Waals surface area contributed by atoms with Crippen molar-refractivity contribution in [2.24, 2.45) is 40.4 Å². The SMILES string of the molecule is CCN1C[C@]2(COC)CC[C@H](O)[C@@]34C5C[C@@H]6[C@@H](OC)C[C@](O)(C(CC23)C14)C5[C@H]6OC(C)=O. The van der Waals surface area contributed by atoms with Crippen molar-refractivity contribution in [3.05, 3.63) is 0 Å². The summed E-state index contributed by atoms with van der Waals surface area (Å²) in [6, 6.07) is 0.163. The van der Waals surface area contributed by atoms with E-state index in [4.69, 9.17) is 14.2 Å². The molecule has 1 spiro atoms. The number of rotatable bonds is 5. The van der Waals surface area contributed by atoms with Gasteiger partial charge in [0.25, 0.3) is 0 Å². The number of hydrogen-bond acceptors (Lipinski definition) is 7. The molecule has 180 valence electrons. The summed E-state index contributed by atoms with van der Waals surface area (Å²) in [7, 11) is 3.51. The summed E-state index contributed by atoms with van der Waals surface area (Å²) in [5, 5.41) is 24.4. The van der Waals surface area contributed by atoms with Crippen molar-refractivity contribution < 1.29 is 29.2 Å². The van der Waals surface area contributed by atoms with Gasteiger partial charge in [-0.25, -0.2) is 0 Å². The van der Waals surface area contributed by atoms with E-state index in [2.05, 4.69) is 11.8 Å². The third kappa shape index (κ3) is 2.28. The van der Waals surface area contributed by atoms with Gasteiger partial charge in [0.1, 0.15) is 6.10 Å². The van der Waals surface area contributed by atoms with Gasteiger partial charge in [-0.3, -0.25) is 9.69 Å². The molecule has 1 saturated heterocycles. The predicted molar refractivity (Wildman–Crippen MR) is 116 cm³/mol. The molecule has 12 atom stereocenters. The molecule has 1 aliphatic heterocycles. The molecule has 0 radical (unpaired) electrons. The Morgan fingerprint density at radius 2 is 2.00 bits per heavy atom. The smallest absolute Gasteiger partial charge is 0.302 e. The van der Waals surface area contributed by atoms with Crippen LogP contribution in [-0.2, 0) is 19.0 Å². The van der Waals surface area contributed by atoms with Crippen molar-refractivity contribution >= 4 is 5.97 Å². The quantitative estimate of drug-likeness (QED) is 0.614. The number of nitrogens with zero attached hydrogens (tertiary/aromatic N) is 1. The minimum atomic E-state index is -0.942. The van der Waals surface area contributed by atoms with E-state index >= 15 is 0 Å². The van der Waals surface area contributed by atoms with E-state index in [1.54, 1.807) is 14.2 Å². The van der Waals surface area contributed by atoms with E-state index in [0.29, 0.717) is 18.9 Å². The van der Waals surface area contributed by atoms with Gasteiger partial charge in [-0.05, 0) is 44.1 Å². The average molecular weight is 450 g/mol. The molecule has 0 aromatic heterocycles. The summed E-state index contributed by atoms with van der Waals surface area (Å²) in [4.78, 5) is 14.7. The summed E-state index contributed by atoms with van der Waals surface area (Å²) >= 11 is 0. The zero-order valence-corrected chi connectivity index (χ0v) is 19.8. The lowest BCUT2D eigenvalue weighted by molar-refractivity contribution is -0.274. The summed E-state index contributed by atoms with van der Waals surface area (Å²) in [6.07, 6.45) is 3.27. The number of hydrogen-bond donors (Lipinski definition) is 2. The summed E-state index contributed by atoms with van der Waals surface area (Å²) in [6.45, 7) is 6.27. The third-order valence-corrected chi connectivity index (χ3v) is 11.2. The van der Waals surface area contributed by atoms with Gasteiger partial charge in [-0.15, -0.1) is 0 Å². The molecule has 0 aromatic rings. The molecular formula is C25H39NO6. The van der Waals surface area contributed by atoms with Crippen LogP contribution < -0.4 is 0 Å². The summed E-state index contributed by atoms with van der Waals surface area (Å²) in [5.74, 6) is 0.164. The first-order valence-electron chi connectivity index (χ1n) is 12.6. The maximum Gasteiger partial charge on any atom is 0.302 e. The maximum absolute atomic E-state index is 12.5. The second kappa shape index (κ2) is 6.91. The minimum absolute atomic E-state index is 0.0138. The lowest BCUT2D eigenvalue weighted by atomic mass is 9.43. The Kier molecular flexibility index (Phi) is 4.70. The molecule has 6 rings (SSSR count). The zero-order chi connectivity index (χ0) is 22.6. The van der Waals surface area contributed by atoms with Crippen LogP contribution in [0.3, 0.4) is 0 Å². The highest BCUT2D eigenvalue weighted by molar-refractivity contribution is 5.66. The second-order valence-corrected chi connectivity index (χ2v) is 11.8. The number of aliphatic hydroxyl groups is 2. The number of likely N-dealkylation sites (tertiary alicyclic amines) is 1. The Morgan fingerprint density at radius 3 is 2.66 bits per heavy atom. The Morgan fingerprint density at radius 1 is 1.22 bits per heavy atom. The Hall–Kier alpha value is -0.730. The molecule has 5 aliphatic carbocycles. The Balaban J connectivity index is 1.56. The highest BCUT2D eigenvalue weighted by atomic mass is 16.5. The van der Waals surface area contributed by atoms with Gasteiger partial charge in [-0.1, -0.05) is 6.92 Å². The average Bonchev–Trinajstić information content (AvgIpc) is 3.20. The zero-order valence-electron chi connectivity index (χ0n) is 19.8. The van der Waals surface area contributed by atoms with Crippen molar-refractivity contribution in [3.8, 4) is 0 Å². The van der Waals surface area contributed by atoms with Crippen LogP contribution in [0.2, 0.25) is 0 Å². The number of methoxy groups -OCH3 is 2. The fourth-order valence-corrected chi connectivity index (χ4v) is 10.7. The van der Waals surface area contributed by atoms with E-state index in [1.165, 1.54) is 6.92 Å². The van der Waals surface area contributed by atoms with Gasteiger partial charge >= 0.3 is 5.97 Å². The van der Waals surface area contributed by atoms with Crippen LogP contribution in [0.4, 0.5) is 0 Å². The molecule has 2 N–H and O–H groups in total. The highest BCUT2D eigenvalue weighted by Crippen LogP contribution is 2.79. The molecule has 6 fully saturated rings. The molecule has 32 heavy (non-hydrogen) atoms. The van der Waals surface area contributed by atoms with Crippen LogP contribution in [-0.4, -0.2) is 85.0 Å². The molecule has 0 aromatic carbocycles. The number of carbonyl (C=O) groups excluding carboxylic acids is 1. The normalized spacial score (nSPS) is 57.5. The first kappa shape index (κ1) is 21.8. The second-order valence-electron chi connectivity index (χ2n) is 11.8. The van der Waals surface area contributed by atoms with Gasteiger partial charge in [0.05, 0.1) is 24.4 Å². The van der Waals surface area contributed by atoms with Crippen molar-refractivity contribution in [3.63, 3.8) is 0 Å². The molecule has 5 unspecified atom stereocenters. The van der Waals surface area contributed by atoms with Gasteiger partial charge in [0.15, 0.2) is 0 Å². The fraction of sp³-hybridized carbons (Fsp3) is 0.960. The molecule has 7 heteroatoms. The number of aliphatic hydroxyl groups excluding tert-OH is 1. The predicted octanol–water partition coefficient (Wildman–Crippen LogP) is 1.45. The molecule has 7 bridgehead atoms. The van der Waals surface area contributed by atoms with Crippen LogP contribution in [0.1, 0.15) is 46.0 Å². The maximum atomic E-state index is 12.5. The fourth-order valence-electron chi connectivity index (χ4n) is 10.7. The van der Waals surface area contributed by atoms with Gasteiger partial charge in [-0.2, -0.15) is 0 Å². The van der Waals surface area contributed by atoms with Crippen molar-refractivity contribution in [2.45, 2.75) is 75.9 Å². The Labute approximate surface area is 190 Å². The number of carbonyl (C=O) groups is 1. The molecule has 5 saturated carbocycles. The number of fused-ring (bicyclic) bond motifs is 2. The van der Waals surface area contributed by atoms with E-state index in [9.17, 15) is 15.0 Å². The lowest BCUT2D eigenvalue weighted by Gasteiger charge is -2.69. The minimum Gasteiger partial charge on any atom is -0.462 e. The summed E-state index contributed by atoms with van der Waals surface area (Å²) in [5.41, 5.74) is -1.20. The number of esters is 1. The van der Waals surface area contributed by atoms with E-state index in [1.807, 2.05) is 0 Å². The topological polar surface area (TPSA) is 88.5 Å². The molecule has 6 aliphatic rings. The number of piperidine rings is 1.